The van der Waals surface area contributed by atoms with Crippen LogP contribution in [-0.4, -0.2) is 60.6 Å². The number of ether oxygens (including phenoxy) is 1. The zero-order chi connectivity index (χ0) is 13.8. The van der Waals surface area contributed by atoms with Crippen LogP contribution in [0, 0.1) is 11.8 Å². The number of hydrogen-bond acceptors (Lipinski definition) is 4. The SMILES string of the molecule is O=C(O)C1CC1C(=O)NCCC(=O)N1CCOCC1. The highest BCUT2D eigenvalue weighted by Crippen LogP contribution is 2.38. The molecule has 2 rings (SSSR count). The molecule has 0 bridgehead atoms. The van der Waals surface area contributed by atoms with Gasteiger partial charge >= 0.3 is 5.97 Å². The molecule has 2 aliphatic rings. The van der Waals surface area contributed by atoms with E-state index in [1.54, 1.807) is 4.90 Å². The molecule has 2 fully saturated rings. The molecule has 0 aromatic rings. The Morgan fingerprint density at radius 1 is 1.21 bits per heavy atom. The second-order valence-corrected chi connectivity index (χ2v) is 4.82. The maximum absolute atomic E-state index is 11.8. The number of aliphatic carboxylic acids is 1. The molecule has 7 nitrogen and oxygen atoms in total. The number of rotatable bonds is 5. The first kappa shape index (κ1) is 13.8. The molecule has 2 amide bonds. The van der Waals surface area contributed by atoms with Gasteiger partial charge in [0.2, 0.25) is 11.8 Å². The number of morpholine rings is 1. The van der Waals surface area contributed by atoms with Gasteiger partial charge in [0.1, 0.15) is 0 Å². The summed E-state index contributed by atoms with van der Waals surface area (Å²) in [6.45, 7) is 2.56. The summed E-state index contributed by atoms with van der Waals surface area (Å²) in [7, 11) is 0. The minimum absolute atomic E-state index is 0.00539. The molecule has 1 saturated heterocycles. The number of hydrogen-bond donors (Lipinski definition) is 2. The van der Waals surface area contributed by atoms with E-state index in [0.29, 0.717) is 32.7 Å². The summed E-state index contributed by atoms with van der Waals surface area (Å²) in [5.74, 6) is -2.16. The highest BCUT2D eigenvalue weighted by Gasteiger charge is 2.48. The molecule has 0 aromatic heterocycles. The summed E-state index contributed by atoms with van der Waals surface area (Å²) in [6, 6.07) is 0. The monoisotopic (exact) mass is 270 g/mol. The zero-order valence-electron chi connectivity index (χ0n) is 10.6. The Hall–Kier alpha value is -1.63. The lowest BCUT2D eigenvalue weighted by molar-refractivity contribution is -0.140. The topological polar surface area (TPSA) is 95.9 Å². The Kier molecular flexibility index (Phi) is 4.36. The van der Waals surface area contributed by atoms with E-state index in [2.05, 4.69) is 5.32 Å². The van der Waals surface area contributed by atoms with E-state index < -0.39 is 17.8 Å². The average Bonchev–Trinajstić information content (AvgIpc) is 3.20. The van der Waals surface area contributed by atoms with Gasteiger partial charge in [-0.1, -0.05) is 0 Å². The van der Waals surface area contributed by atoms with Crippen molar-refractivity contribution in [3.8, 4) is 0 Å². The smallest absolute Gasteiger partial charge is 0.307 e. The molecule has 106 valence electrons. The number of amides is 2. The van der Waals surface area contributed by atoms with Crippen LogP contribution >= 0.6 is 0 Å². The van der Waals surface area contributed by atoms with Crippen LogP contribution in [-0.2, 0) is 19.1 Å². The second-order valence-electron chi connectivity index (χ2n) is 4.82. The van der Waals surface area contributed by atoms with E-state index in [4.69, 9.17) is 9.84 Å². The van der Waals surface area contributed by atoms with E-state index in [-0.39, 0.29) is 24.8 Å². The molecule has 19 heavy (non-hydrogen) atoms. The summed E-state index contributed by atoms with van der Waals surface area (Å²) in [5, 5.41) is 11.3. The lowest BCUT2D eigenvalue weighted by atomic mass is 10.3. The van der Waals surface area contributed by atoms with Crippen LogP contribution in [0.1, 0.15) is 12.8 Å². The van der Waals surface area contributed by atoms with Gasteiger partial charge in [-0.3, -0.25) is 14.4 Å². The molecular formula is C12H18N2O5. The van der Waals surface area contributed by atoms with Crippen molar-refractivity contribution in [2.24, 2.45) is 11.8 Å². The molecule has 1 heterocycles. The highest BCUT2D eigenvalue weighted by atomic mass is 16.5. The van der Waals surface area contributed by atoms with Gasteiger partial charge in [0.15, 0.2) is 0 Å². The van der Waals surface area contributed by atoms with Crippen molar-refractivity contribution in [1.82, 2.24) is 10.2 Å². The molecule has 0 spiro atoms. The Balaban J connectivity index is 1.62. The van der Waals surface area contributed by atoms with Gasteiger partial charge in [-0.15, -0.1) is 0 Å². The van der Waals surface area contributed by atoms with Crippen LogP contribution in [0.15, 0.2) is 0 Å². The summed E-state index contributed by atoms with van der Waals surface area (Å²) in [6.07, 6.45) is 0.648. The molecule has 0 aromatic carbocycles. The number of carboxylic acids is 1. The minimum atomic E-state index is -0.926. The number of carbonyl (C=O) groups is 3. The Labute approximate surface area is 110 Å². The maximum Gasteiger partial charge on any atom is 0.307 e. The van der Waals surface area contributed by atoms with Crippen LogP contribution in [0.3, 0.4) is 0 Å². The Bertz CT molecular complexity index is 378. The van der Waals surface area contributed by atoms with E-state index >= 15 is 0 Å². The molecule has 1 aliphatic heterocycles. The minimum Gasteiger partial charge on any atom is -0.481 e. The van der Waals surface area contributed by atoms with Gasteiger partial charge in [0, 0.05) is 26.1 Å². The summed E-state index contributed by atoms with van der Waals surface area (Å²) >= 11 is 0. The van der Waals surface area contributed by atoms with Crippen LogP contribution in [0.4, 0.5) is 0 Å². The zero-order valence-corrected chi connectivity index (χ0v) is 10.6. The van der Waals surface area contributed by atoms with Crippen molar-refractivity contribution in [3.05, 3.63) is 0 Å². The standard InChI is InChI=1S/C12H18N2O5/c15-10(14-3-5-19-6-4-14)1-2-13-11(16)8-7-9(8)12(17)18/h8-9H,1-7H2,(H,13,16)(H,17,18). The van der Waals surface area contributed by atoms with Crippen LogP contribution in [0.25, 0.3) is 0 Å². The molecule has 7 heteroatoms. The molecule has 2 N–H and O–H groups in total. The number of nitrogens with zero attached hydrogens (tertiary/aromatic N) is 1. The van der Waals surface area contributed by atoms with Gasteiger partial charge in [0.05, 0.1) is 25.0 Å². The first-order chi connectivity index (χ1) is 9.09. The van der Waals surface area contributed by atoms with Crippen LogP contribution in [0.2, 0.25) is 0 Å². The van der Waals surface area contributed by atoms with Gasteiger partial charge in [-0.2, -0.15) is 0 Å². The second kappa shape index (κ2) is 6.01. The molecule has 2 unspecified atom stereocenters. The third-order valence-electron chi connectivity index (χ3n) is 3.45. The summed E-state index contributed by atoms with van der Waals surface area (Å²) < 4.78 is 5.15. The van der Waals surface area contributed by atoms with E-state index in [9.17, 15) is 14.4 Å². The molecular weight excluding hydrogens is 252 g/mol. The lowest BCUT2D eigenvalue weighted by Gasteiger charge is -2.26. The number of carbonyl (C=O) groups excluding carboxylic acids is 2. The first-order valence-electron chi connectivity index (χ1n) is 6.45. The van der Waals surface area contributed by atoms with Crippen molar-refractivity contribution in [1.29, 1.82) is 0 Å². The Morgan fingerprint density at radius 3 is 2.47 bits per heavy atom. The van der Waals surface area contributed by atoms with Crippen molar-refractivity contribution in [2.45, 2.75) is 12.8 Å². The molecule has 1 saturated carbocycles. The van der Waals surface area contributed by atoms with Crippen molar-refractivity contribution >= 4 is 17.8 Å². The third-order valence-corrected chi connectivity index (χ3v) is 3.45. The van der Waals surface area contributed by atoms with E-state index in [1.165, 1.54) is 0 Å². The van der Waals surface area contributed by atoms with Gasteiger partial charge in [0.25, 0.3) is 0 Å². The van der Waals surface area contributed by atoms with Crippen molar-refractivity contribution < 1.29 is 24.2 Å². The first-order valence-corrected chi connectivity index (χ1v) is 6.45. The maximum atomic E-state index is 11.8. The predicted octanol–water partition coefficient (Wildman–Crippen LogP) is -0.928. The molecule has 2 atom stereocenters. The lowest BCUT2D eigenvalue weighted by Crippen LogP contribution is -2.42. The fourth-order valence-corrected chi connectivity index (χ4v) is 2.15. The van der Waals surface area contributed by atoms with E-state index in [1.807, 2.05) is 0 Å². The number of carboxylic acid groups (broad SMARTS) is 1. The van der Waals surface area contributed by atoms with Crippen LogP contribution < -0.4 is 5.32 Å². The van der Waals surface area contributed by atoms with Crippen LogP contribution in [0.5, 0.6) is 0 Å². The summed E-state index contributed by atoms with van der Waals surface area (Å²) in [5.41, 5.74) is 0. The summed E-state index contributed by atoms with van der Waals surface area (Å²) in [4.78, 5) is 35.6. The van der Waals surface area contributed by atoms with Gasteiger partial charge in [-0.05, 0) is 6.42 Å². The average molecular weight is 270 g/mol. The fraction of sp³-hybridized carbons (Fsp3) is 0.750. The predicted molar refractivity (Wildman–Crippen MR) is 64.3 cm³/mol. The molecule has 0 radical (unpaired) electrons. The quantitative estimate of drug-likeness (QED) is 0.673. The highest BCUT2D eigenvalue weighted by molar-refractivity contribution is 5.89. The largest absolute Gasteiger partial charge is 0.481 e. The van der Waals surface area contributed by atoms with Crippen molar-refractivity contribution in [3.63, 3.8) is 0 Å². The number of nitrogens with one attached hydrogen (secondary N) is 1. The normalized spacial score (nSPS) is 25.8. The van der Waals surface area contributed by atoms with Gasteiger partial charge < -0.3 is 20.1 Å². The van der Waals surface area contributed by atoms with Crippen molar-refractivity contribution in [2.75, 3.05) is 32.8 Å². The fourth-order valence-electron chi connectivity index (χ4n) is 2.15. The van der Waals surface area contributed by atoms with Gasteiger partial charge in [-0.25, -0.2) is 0 Å². The van der Waals surface area contributed by atoms with E-state index in [0.717, 1.165) is 0 Å². The molecule has 1 aliphatic carbocycles. The third kappa shape index (κ3) is 3.66. The Morgan fingerprint density at radius 2 is 1.89 bits per heavy atom.